The lowest BCUT2D eigenvalue weighted by atomic mass is 10.2. The normalized spacial score (nSPS) is 13.1. The van der Waals surface area contributed by atoms with Gasteiger partial charge in [-0.05, 0) is 24.7 Å². The molecular formula is C27H33N5O6. The number of aromatic nitrogens is 4. The van der Waals surface area contributed by atoms with E-state index in [0.717, 1.165) is 10.1 Å². The fourth-order valence-electron chi connectivity index (χ4n) is 4.28. The van der Waals surface area contributed by atoms with E-state index in [2.05, 4.69) is 4.98 Å². The zero-order chi connectivity index (χ0) is 27.2. The van der Waals surface area contributed by atoms with Gasteiger partial charge >= 0.3 is 5.69 Å². The summed E-state index contributed by atoms with van der Waals surface area (Å²) >= 11 is 0. The number of hydrogen-bond donors (Lipinski definition) is 2. The SMILES string of the molecule is CN(CC(O)COc1ccccc1OCc1ccccc1)CC(O)Cn1cnc2c1c(=O)n(C)c(=O)n2C. The topological polar surface area (TPSA) is 124 Å². The van der Waals surface area contributed by atoms with Gasteiger partial charge in [-0.25, -0.2) is 9.78 Å². The van der Waals surface area contributed by atoms with E-state index >= 15 is 0 Å². The van der Waals surface area contributed by atoms with Crippen LogP contribution in [0.25, 0.3) is 11.2 Å². The third-order valence-corrected chi connectivity index (χ3v) is 6.19. The standard InChI is InChI=1S/C27H33N5O6/c1-29(13-20(33)15-32-18-28-25-24(32)26(35)31(3)27(36)30(25)2)14-21(34)17-38-23-12-8-7-11-22(23)37-16-19-9-5-4-6-10-19/h4-12,18,20-21,33-34H,13-17H2,1-3H3. The molecule has 2 N–H and O–H groups in total. The Hall–Kier alpha value is -3.93. The number of nitrogens with zero attached hydrogens (tertiary/aromatic N) is 5. The summed E-state index contributed by atoms with van der Waals surface area (Å²) in [4.78, 5) is 30.7. The number of aliphatic hydroxyl groups excluding tert-OH is 2. The Labute approximate surface area is 219 Å². The van der Waals surface area contributed by atoms with Gasteiger partial charge < -0.3 is 29.2 Å². The van der Waals surface area contributed by atoms with E-state index in [1.54, 1.807) is 29.6 Å². The van der Waals surface area contributed by atoms with E-state index in [9.17, 15) is 19.8 Å². The van der Waals surface area contributed by atoms with Crippen LogP contribution in [0.4, 0.5) is 0 Å². The van der Waals surface area contributed by atoms with Crippen LogP contribution < -0.4 is 20.7 Å². The Morgan fingerprint density at radius 1 is 0.895 bits per heavy atom. The van der Waals surface area contributed by atoms with Crippen LogP contribution in [-0.4, -0.2) is 72.8 Å². The van der Waals surface area contributed by atoms with Crippen molar-refractivity contribution in [2.75, 3.05) is 26.7 Å². The molecule has 2 heterocycles. The molecule has 11 nitrogen and oxygen atoms in total. The van der Waals surface area contributed by atoms with Crippen LogP contribution >= 0.6 is 0 Å². The minimum absolute atomic E-state index is 0.0440. The molecule has 38 heavy (non-hydrogen) atoms. The predicted octanol–water partition coefficient (Wildman–Crippen LogP) is 0.745. The van der Waals surface area contributed by atoms with Crippen LogP contribution in [0.1, 0.15) is 5.56 Å². The number of para-hydroxylation sites is 2. The molecule has 0 saturated heterocycles. The highest BCUT2D eigenvalue weighted by Crippen LogP contribution is 2.27. The molecule has 0 aliphatic heterocycles. The van der Waals surface area contributed by atoms with E-state index in [0.29, 0.717) is 18.1 Å². The fourth-order valence-corrected chi connectivity index (χ4v) is 4.28. The van der Waals surface area contributed by atoms with Crippen molar-refractivity contribution < 1.29 is 19.7 Å². The highest BCUT2D eigenvalue weighted by Gasteiger charge is 2.18. The molecule has 0 fully saturated rings. The number of likely N-dealkylation sites (N-methyl/N-ethyl adjacent to an activating group) is 1. The third kappa shape index (κ3) is 6.31. The molecule has 2 unspecified atom stereocenters. The van der Waals surface area contributed by atoms with Gasteiger partial charge in [-0.15, -0.1) is 0 Å². The second kappa shape index (κ2) is 12.1. The van der Waals surface area contributed by atoms with Gasteiger partial charge in [-0.3, -0.25) is 13.9 Å². The molecule has 0 radical (unpaired) electrons. The smallest absolute Gasteiger partial charge is 0.332 e. The van der Waals surface area contributed by atoms with E-state index in [1.165, 1.54) is 17.9 Å². The zero-order valence-electron chi connectivity index (χ0n) is 21.7. The first kappa shape index (κ1) is 27.1. The van der Waals surface area contributed by atoms with Crippen LogP contribution in [0, 0.1) is 0 Å². The van der Waals surface area contributed by atoms with Crippen LogP contribution in [-0.2, 0) is 27.2 Å². The van der Waals surface area contributed by atoms with Gasteiger partial charge in [0.25, 0.3) is 5.56 Å². The van der Waals surface area contributed by atoms with Crippen molar-refractivity contribution in [3.8, 4) is 11.5 Å². The number of hydrogen-bond acceptors (Lipinski definition) is 8. The Balaban J connectivity index is 1.29. The molecule has 0 amide bonds. The summed E-state index contributed by atoms with van der Waals surface area (Å²) in [7, 11) is 4.73. The quantitative estimate of drug-likeness (QED) is 0.279. The Kier molecular flexibility index (Phi) is 8.62. The van der Waals surface area contributed by atoms with Gasteiger partial charge in [0.05, 0.1) is 19.0 Å². The molecule has 11 heteroatoms. The molecule has 0 aliphatic carbocycles. The maximum absolute atomic E-state index is 12.6. The second-order valence-corrected chi connectivity index (χ2v) is 9.34. The van der Waals surface area contributed by atoms with Crippen molar-refractivity contribution in [3.63, 3.8) is 0 Å². The molecule has 2 aromatic carbocycles. The average Bonchev–Trinajstić information content (AvgIpc) is 3.32. The fraction of sp³-hybridized carbons (Fsp3) is 0.370. The number of aliphatic hydroxyl groups is 2. The molecule has 0 spiro atoms. The summed E-state index contributed by atoms with van der Waals surface area (Å²) < 4.78 is 15.6. The number of fused-ring (bicyclic) bond motifs is 1. The molecule has 202 valence electrons. The summed E-state index contributed by atoms with van der Waals surface area (Å²) in [6.07, 6.45) is -0.223. The summed E-state index contributed by atoms with van der Waals surface area (Å²) in [6.45, 7) is 1.04. The second-order valence-electron chi connectivity index (χ2n) is 9.34. The lowest BCUT2D eigenvalue weighted by Gasteiger charge is -2.24. The summed E-state index contributed by atoms with van der Waals surface area (Å²) in [5.74, 6) is 1.12. The molecule has 2 atom stereocenters. The molecule has 4 aromatic rings. The van der Waals surface area contributed by atoms with Crippen molar-refractivity contribution in [1.29, 1.82) is 0 Å². The first-order valence-electron chi connectivity index (χ1n) is 12.3. The third-order valence-electron chi connectivity index (χ3n) is 6.19. The van der Waals surface area contributed by atoms with Crippen molar-refractivity contribution in [1.82, 2.24) is 23.6 Å². The summed E-state index contributed by atoms with van der Waals surface area (Å²) in [5.41, 5.74) is 0.615. The van der Waals surface area contributed by atoms with E-state index in [-0.39, 0.29) is 37.4 Å². The molecular weight excluding hydrogens is 490 g/mol. The van der Waals surface area contributed by atoms with Crippen LogP contribution in [0.2, 0.25) is 0 Å². The van der Waals surface area contributed by atoms with E-state index < -0.39 is 23.5 Å². The monoisotopic (exact) mass is 523 g/mol. The minimum Gasteiger partial charge on any atom is -0.487 e. The maximum Gasteiger partial charge on any atom is 0.332 e. The van der Waals surface area contributed by atoms with Gasteiger partial charge in [0.15, 0.2) is 22.7 Å². The van der Waals surface area contributed by atoms with Gasteiger partial charge in [-0.1, -0.05) is 42.5 Å². The lowest BCUT2D eigenvalue weighted by Crippen LogP contribution is -2.40. The highest BCUT2D eigenvalue weighted by atomic mass is 16.5. The number of rotatable bonds is 12. The van der Waals surface area contributed by atoms with E-state index in [1.807, 2.05) is 48.5 Å². The molecule has 0 saturated carbocycles. The largest absolute Gasteiger partial charge is 0.487 e. The van der Waals surface area contributed by atoms with Crippen molar-refractivity contribution in [3.05, 3.63) is 87.3 Å². The Morgan fingerprint density at radius 2 is 1.53 bits per heavy atom. The lowest BCUT2D eigenvalue weighted by molar-refractivity contribution is 0.0515. The average molecular weight is 524 g/mol. The number of imidazole rings is 1. The zero-order valence-corrected chi connectivity index (χ0v) is 21.7. The van der Waals surface area contributed by atoms with Crippen LogP contribution in [0.15, 0.2) is 70.5 Å². The number of benzene rings is 2. The molecule has 0 bridgehead atoms. The van der Waals surface area contributed by atoms with E-state index in [4.69, 9.17) is 9.47 Å². The Bertz CT molecular complexity index is 1480. The van der Waals surface area contributed by atoms with Crippen molar-refractivity contribution in [2.45, 2.75) is 25.4 Å². The first-order valence-corrected chi connectivity index (χ1v) is 12.3. The highest BCUT2D eigenvalue weighted by molar-refractivity contribution is 5.69. The molecule has 2 aromatic heterocycles. The van der Waals surface area contributed by atoms with Crippen LogP contribution in [0.3, 0.4) is 0 Å². The molecule has 4 rings (SSSR count). The van der Waals surface area contributed by atoms with Gasteiger partial charge in [0, 0.05) is 27.2 Å². The summed E-state index contributed by atoms with van der Waals surface area (Å²) in [5, 5.41) is 21.2. The summed E-state index contributed by atoms with van der Waals surface area (Å²) in [6, 6.07) is 17.1. The van der Waals surface area contributed by atoms with Crippen molar-refractivity contribution in [2.24, 2.45) is 14.1 Å². The van der Waals surface area contributed by atoms with Crippen LogP contribution in [0.5, 0.6) is 11.5 Å². The predicted molar refractivity (Wildman–Crippen MR) is 142 cm³/mol. The molecule has 0 aliphatic rings. The number of ether oxygens (including phenoxy) is 2. The van der Waals surface area contributed by atoms with Gasteiger partial charge in [0.1, 0.15) is 19.3 Å². The van der Waals surface area contributed by atoms with Crippen molar-refractivity contribution >= 4 is 11.2 Å². The van der Waals surface area contributed by atoms with Gasteiger partial charge in [-0.2, -0.15) is 0 Å². The number of aryl methyl sites for hydroxylation is 1. The minimum atomic E-state index is -0.848. The Morgan fingerprint density at radius 3 is 2.24 bits per heavy atom. The first-order chi connectivity index (χ1) is 18.2. The maximum atomic E-state index is 12.6. The van der Waals surface area contributed by atoms with Gasteiger partial charge in [0.2, 0.25) is 0 Å².